The second-order valence-electron chi connectivity index (χ2n) is 6.80. The zero-order chi connectivity index (χ0) is 21.5. The highest BCUT2D eigenvalue weighted by molar-refractivity contribution is 6.05. The average molecular weight is 417 g/mol. The molecule has 2 heterocycles. The Morgan fingerprint density at radius 2 is 1.87 bits per heavy atom. The lowest BCUT2D eigenvalue weighted by Gasteiger charge is -2.24. The quantitative estimate of drug-likeness (QED) is 0.659. The lowest BCUT2D eigenvalue weighted by Crippen LogP contribution is -2.27. The summed E-state index contributed by atoms with van der Waals surface area (Å²) in [6, 6.07) is 4.35. The molecule has 30 heavy (non-hydrogen) atoms. The number of anilines is 1. The molecule has 7 nitrogen and oxygen atoms in total. The third-order valence-electron chi connectivity index (χ3n) is 4.90. The van der Waals surface area contributed by atoms with E-state index in [4.69, 9.17) is 18.9 Å². The number of benzene rings is 1. The minimum absolute atomic E-state index is 0.00500. The second kappa shape index (κ2) is 10.1. The lowest BCUT2D eigenvalue weighted by molar-refractivity contribution is -0.139. The van der Waals surface area contributed by atoms with Gasteiger partial charge in [0.1, 0.15) is 5.70 Å². The van der Waals surface area contributed by atoms with E-state index in [9.17, 15) is 14.0 Å². The predicted octanol–water partition coefficient (Wildman–Crippen LogP) is 3.12. The molecular formula is C22H24FNO6. The van der Waals surface area contributed by atoms with Crippen LogP contribution in [0.5, 0.6) is 5.75 Å². The zero-order valence-electron chi connectivity index (χ0n) is 16.9. The molecule has 0 radical (unpaired) electrons. The summed E-state index contributed by atoms with van der Waals surface area (Å²) in [5, 5.41) is 0. The van der Waals surface area contributed by atoms with Crippen LogP contribution in [0.15, 0.2) is 53.9 Å². The summed E-state index contributed by atoms with van der Waals surface area (Å²) in [5.41, 5.74) is 0.242. The third kappa shape index (κ3) is 4.88. The summed E-state index contributed by atoms with van der Waals surface area (Å²) >= 11 is 0. The smallest absolute Gasteiger partial charge is 0.355 e. The maximum atomic E-state index is 14.8. The fourth-order valence-electron chi connectivity index (χ4n) is 3.24. The van der Waals surface area contributed by atoms with Crippen molar-refractivity contribution < 1.29 is 32.9 Å². The van der Waals surface area contributed by atoms with Crippen LogP contribution in [0.3, 0.4) is 0 Å². The van der Waals surface area contributed by atoms with Crippen LogP contribution in [-0.2, 0) is 23.8 Å². The zero-order valence-corrected chi connectivity index (χ0v) is 16.9. The number of halogens is 1. The number of hydrogen-bond acceptors (Lipinski definition) is 7. The molecule has 2 aliphatic rings. The van der Waals surface area contributed by atoms with Gasteiger partial charge in [-0.1, -0.05) is 6.08 Å². The van der Waals surface area contributed by atoms with Crippen LogP contribution in [0.25, 0.3) is 0 Å². The van der Waals surface area contributed by atoms with E-state index in [0.29, 0.717) is 31.4 Å². The molecule has 0 amide bonds. The van der Waals surface area contributed by atoms with Gasteiger partial charge in [0.2, 0.25) is 0 Å². The maximum Gasteiger partial charge on any atom is 0.355 e. The molecule has 1 saturated heterocycles. The number of methoxy groups -OCH3 is 2. The molecule has 0 spiro atoms. The molecule has 1 aromatic carbocycles. The topological polar surface area (TPSA) is 74.3 Å². The Balaban J connectivity index is 1.87. The Morgan fingerprint density at radius 3 is 2.53 bits per heavy atom. The van der Waals surface area contributed by atoms with E-state index in [1.54, 1.807) is 18.2 Å². The van der Waals surface area contributed by atoms with E-state index in [1.807, 2.05) is 0 Å². The summed E-state index contributed by atoms with van der Waals surface area (Å²) in [6.45, 7) is 1.79. The first kappa shape index (κ1) is 21.6. The Bertz CT molecular complexity index is 886. The molecule has 3 rings (SSSR count). The van der Waals surface area contributed by atoms with Crippen LogP contribution in [-0.4, -0.2) is 46.0 Å². The van der Waals surface area contributed by atoms with Crippen molar-refractivity contribution in [1.29, 1.82) is 0 Å². The lowest BCUT2D eigenvalue weighted by atomic mass is 10.0. The van der Waals surface area contributed by atoms with Gasteiger partial charge in [0, 0.05) is 31.2 Å². The van der Waals surface area contributed by atoms with Crippen molar-refractivity contribution in [3.05, 3.63) is 59.7 Å². The molecule has 8 heteroatoms. The van der Waals surface area contributed by atoms with Gasteiger partial charge in [0.05, 0.1) is 26.4 Å². The third-order valence-corrected chi connectivity index (χ3v) is 4.90. The summed E-state index contributed by atoms with van der Waals surface area (Å²) in [5.74, 6) is -1.59. The fourth-order valence-corrected chi connectivity index (χ4v) is 3.24. The van der Waals surface area contributed by atoms with Gasteiger partial charge in [0.15, 0.2) is 11.6 Å². The Kier molecular flexibility index (Phi) is 7.24. The van der Waals surface area contributed by atoms with E-state index in [-0.39, 0.29) is 17.0 Å². The number of allylic oxidation sites excluding steroid dienone is 2. The summed E-state index contributed by atoms with van der Waals surface area (Å²) in [7, 11) is 2.42. The van der Waals surface area contributed by atoms with Crippen LogP contribution in [0.4, 0.5) is 10.1 Å². The Morgan fingerprint density at radius 1 is 1.13 bits per heavy atom. The SMILES string of the molecule is COC(=O)C1=C(C(=O)OC)N(c2ccc(OCC3CCOCC3)c(F)c2)C=CC=C1. The minimum Gasteiger partial charge on any atom is -0.490 e. The fraction of sp³-hybridized carbons (Fsp3) is 0.364. The van der Waals surface area contributed by atoms with Crippen molar-refractivity contribution in [1.82, 2.24) is 0 Å². The molecule has 0 aliphatic carbocycles. The molecule has 1 aromatic rings. The van der Waals surface area contributed by atoms with Crippen LogP contribution >= 0.6 is 0 Å². The first-order valence-corrected chi connectivity index (χ1v) is 9.60. The first-order valence-electron chi connectivity index (χ1n) is 9.60. The van der Waals surface area contributed by atoms with E-state index >= 15 is 0 Å². The van der Waals surface area contributed by atoms with E-state index in [2.05, 4.69) is 0 Å². The first-order chi connectivity index (χ1) is 14.5. The highest BCUT2D eigenvalue weighted by atomic mass is 19.1. The van der Waals surface area contributed by atoms with Crippen molar-refractivity contribution >= 4 is 17.6 Å². The van der Waals surface area contributed by atoms with Crippen molar-refractivity contribution in [2.45, 2.75) is 12.8 Å². The Labute approximate surface area is 174 Å². The van der Waals surface area contributed by atoms with Gasteiger partial charge in [-0.05, 0) is 43.0 Å². The molecule has 0 unspecified atom stereocenters. The van der Waals surface area contributed by atoms with Gasteiger partial charge in [0.25, 0.3) is 0 Å². The molecule has 160 valence electrons. The molecule has 2 aliphatic heterocycles. The summed E-state index contributed by atoms with van der Waals surface area (Å²) < 4.78 is 35.3. The highest BCUT2D eigenvalue weighted by Crippen LogP contribution is 2.30. The molecule has 0 N–H and O–H groups in total. The standard InChI is InChI=1S/C22H24FNO6/c1-27-21(25)17-5-3-4-10-24(20(17)22(26)28-2)16-6-7-19(18(23)13-16)30-14-15-8-11-29-12-9-15/h3-7,10,13,15H,8-9,11-12,14H2,1-2H3. The number of carbonyl (C=O) groups is 2. The molecule has 0 saturated carbocycles. The number of ether oxygens (including phenoxy) is 4. The van der Waals surface area contributed by atoms with E-state index < -0.39 is 17.8 Å². The van der Waals surface area contributed by atoms with Gasteiger partial charge < -0.3 is 23.8 Å². The molecule has 0 aromatic heterocycles. The van der Waals surface area contributed by atoms with Crippen molar-refractivity contribution in [2.24, 2.45) is 5.92 Å². The number of carbonyl (C=O) groups excluding carboxylic acids is 2. The monoisotopic (exact) mass is 417 g/mol. The predicted molar refractivity (Wildman–Crippen MR) is 107 cm³/mol. The molecule has 0 bridgehead atoms. The molecule has 1 fully saturated rings. The largest absolute Gasteiger partial charge is 0.490 e. The minimum atomic E-state index is -0.758. The van der Waals surface area contributed by atoms with Gasteiger partial charge >= 0.3 is 11.9 Å². The summed E-state index contributed by atoms with van der Waals surface area (Å²) in [6.07, 6.45) is 7.94. The normalized spacial score (nSPS) is 17.0. The average Bonchev–Trinajstić information content (AvgIpc) is 3.01. The molecule has 0 atom stereocenters. The van der Waals surface area contributed by atoms with Gasteiger partial charge in [-0.25, -0.2) is 14.0 Å². The highest BCUT2D eigenvalue weighted by Gasteiger charge is 2.28. The maximum absolute atomic E-state index is 14.8. The van der Waals surface area contributed by atoms with Gasteiger partial charge in [-0.15, -0.1) is 0 Å². The van der Waals surface area contributed by atoms with Gasteiger partial charge in [-0.3, -0.25) is 0 Å². The van der Waals surface area contributed by atoms with E-state index in [1.165, 1.54) is 43.5 Å². The van der Waals surface area contributed by atoms with Crippen molar-refractivity contribution in [2.75, 3.05) is 38.9 Å². The van der Waals surface area contributed by atoms with E-state index in [0.717, 1.165) is 12.8 Å². The van der Waals surface area contributed by atoms with Gasteiger partial charge in [-0.2, -0.15) is 0 Å². The molecular weight excluding hydrogens is 393 g/mol. The second-order valence-corrected chi connectivity index (χ2v) is 6.80. The van der Waals surface area contributed by atoms with Crippen LogP contribution in [0.2, 0.25) is 0 Å². The van der Waals surface area contributed by atoms with Crippen LogP contribution in [0, 0.1) is 11.7 Å². The van der Waals surface area contributed by atoms with Crippen LogP contribution in [0.1, 0.15) is 12.8 Å². The number of hydrogen-bond donors (Lipinski definition) is 0. The number of esters is 2. The number of rotatable bonds is 6. The number of nitrogens with zero attached hydrogens (tertiary/aromatic N) is 1. The Hall–Kier alpha value is -3.13. The van der Waals surface area contributed by atoms with Crippen LogP contribution < -0.4 is 9.64 Å². The van der Waals surface area contributed by atoms with Crippen molar-refractivity contribution in [3.63, 3.8) is 0 Å². The van der Waals surface area contributed by atoms with Crippen molar-refractivity contribution in [3.8, 4) is 5.75 Å². The summed E-state index contributed by atoms with van der Waals surface area (Å²) in [4.78, 5) is 26.0.